The van der Waals surface area contributed by atoms with E-state index in [1.807, 2.05) is 0 Å². The molecule has 18 nitrogen and oxygen atoms in total. The van der Waals surface area contributed by atoms with Crippen molar-refractivity contribution >= 4 is 23.7 Å². The summed E-state index contributed by atoms with van der Waals surface area (Å²) in [6.45, 7) is 2.84. The molecular formula is C12H34Cu2N6O12. The van der Waals surface area contributed by atoms with Crippen LogP contribution in [0, 0.1) is 0 Å². The number of aliphatic imine (C=N–C) groups is 2. The number of carbonyl (C=O) groups is 2. The Morgan fingerprint density at radius 1 is 0.625 bits per heavy atom. The first-order valence-corrected chi connectivity index (χ1v) is 6.95. The van der Waals surface area contributed by atoms with Gasteiger partial charge in [0.05, 0.1) is 25.0 Å². The quantitative estimate of drug-likeness (QED) is 0.130. The van der Waals surface area contributed by atoms with Gasteiger partial charge in [-0.05, 0) is 11.8 Å². The van der Waals surface area contributed by atoms with Gasteiger partial charge in [-0.2, -0.15) is 0 Å². The van der Waals surface area contributed by atoms with Crippen molar-refractivity contribution in [3.63, 3.8) is 0 Å². The number of nitrogens with zero attached hydrogens (tertiary/aromatic N) is 2. The van der Waals surface area contributed by atoms with Crippen molar-refractivity contribution in [1.29, 1.82) is 0 Å². The fourth-order valence-corrected chi connectivity index (χ4v) is 1.04. The van der Waals surface area contributed by atoms with Crippen LogP contribution in [-0.2, 0) is 43.7 Å². The Kier molecular flexibility index (Phi) is 93.5. The van der Waals surface area contributed by atoms with Gasteiger partial charge in [0.2, 0.25) is 0 Å². The van der Waals surface area contributed by atoms with Crippen LogP contribution >= 0.6 is 0 Å². The summed E-state index contributed by atoms with van der Waals surface area (Å²) in [6, 6.07) is 0. The Labute approximate surface area is 205 Å². The molecule has 0 unspecified atom stereocenters. The van der Waals surface area contributed by atoms with Gasteiger partial charge < -0.3 is 85.0 Å². The van der Waals surface area contributed by atoms with Crippen molar-refractivity contribution in [3.8, 4) is 0 Å². The van der Waals surface area contributed by atoms with E-state index in [-0.39, 0.29) is 80.1 Å². The molecule has 1 saturated heterocycles. The number of piperazine rings is 1. The SMILES string of the molecule is C1CNCCN1.NCC([O-])=NCC(=O)[O-].NCC([O-])=NCC(=O)[O-].O.O.O.O.O.O.[Cu+2].[Cu+2]. The number of rotatable bonds is 6. The van der Waals surface area contributed by atoms with Crippen LogP contribution in [0.5, 0.6) is 0 Å². The Morgan fingerprint density at radius 3 is 0.969 bits per heavy atom. The molecule has 0 aliphatic carbocycles. The van der Waals surface area contributed by atoms with Gasteiger partial charge in [0, 0.05) is 39.3 Å². The second-order valence-corrected chi connectivity index (χ2v) is 4.07. The average molecular weight is 582 g/mol. The molecule has 1 rings (SSSR count). The average Bonchev–Trinajstić information content (AvgIpc) is 2.60. The van der Waals surface area contributed by atoms with Gasteiger partial charge in [-0.25, -0.2) is 0 Å². The van der Waals surface area contributed by atoms with Gasteiger partial charge in [0.15, 0.2) is 0 Å². The summed E-state index contributed by atoms with van der Waals surface area (Å²) < 4.78 is 0. The van der Waals surface area contributed by atoms with Crippen molar-refractivity contribution in [1.82, 2.24) is 10.6 Å². The van der Waals surface area contributed by atoms with Gasteiger partial charge in [-0.15, -0.1) is 0 Å². The third-order valence-corrected chi connectivity index (χ3v) is 2.08. The van der Waals surface area contributed by atoms with Crippen molar-refractivity contribution < 1.29 is 97.0 Å². The van der Waals surface area contributed by atoms with Gasteiger partial charge in [-0.3, -0.25) is 9.98 Å². The van der Waals surface area contributed by atoms with E-state index in [1.165, 1.54) is 0 Å². The van der Waals surface area contributed by atoms with Crippen LogP contribution < -0.4 is 42.5 Å². The minimum atomic E-state index is -1.38. The van der Waals surface area contributed by atoms with Crippen LogP contribution in [0.15, 0.2) is 9.98 Å². The van der Waals surface area contributed by atoms with Crippen LogP contribution in [0.4, 0.5) is 0 Å². The van der Waals surface area contributed by atoms with Crippen LogP contribution in [0.25, 0.3) is 0 Å². The van der Waals surface area contributed by atoms with Gasteiger partial charge in [0.25, 0.3) is 0 Å². The predicted molar refractivity (Wildman–Crippen MR) is 100 cm³/mol. The third-order valence-electron chi connectivity index (χ3n) is 2.08. The fourth-order valence-electron chi connectivity index (χ4n) is 1.04. The normalized spacial score (nSPS) is 10.9. The molecule has 206 valence electrons. The molecule has 0 bridgehead atoms. The van der Waals surface area contributed by atoms with E-state index in [4.69, 9.17) is 11.5 Å². The van der Waals surface area contributed by atoms with E-state index in [9.17, 15) is 30.0 Å². The molecule has 0 amide bonds. The van der Waals surface area contributed by atoms with Gasteiger partial charge in [0.1, 0.15) is 0 Å². The Morgan fingerprint density at radius 2 is 0.844 bits per heavy atom. The molecule has 0 saturated carbocycles. The Bertz CT molecular complexity index is 388. The molecule has 18 N–H and O–H groups in total. The third kappa shape index (κ3) is 63.0. The maximum atomic E-state index is 10.1. The number of hydrogen-bond acceptors (Lipinski definition) is 12. The molecule has 0 atom stereocenters. The maximum Gasteiger partial charge on any atom is 2.00 e. The number of carboxylic acid groups (broad SMARTS) is 2. The summed E-state index contributed by atoms with van der Waals surface area (Å²) in [7, 11) is 0. The molecule has 0 aromatic heterocycles. The maximum absolute atomic E-state index is 10.1. The molecule has 1 aliphatic rings. The first-order chi connectivity index (χ1) is 11.3. The number of carbonyl (C=O) groups excluding carboxylic acids is 2. The second kappa shape index (κ2) is 47.3. The summed E-state index contributed by atoms with van der Waals surface area (Å²) in [4.78, 5) is 25.3. The van der Waals surface area contributed by atoms with Crippen molar-refractivity contribution in [2.75, 3.05) is 52.4 Å². The minimum Gasteiger partial charge on any atom is -0.861 e. The van der Waals surface area contributed by atoms with Crippen LogP contribution in [0.2, 0.25) is 0 Å². The van der Waals surface area contributed by atoms with Crippen LogP contribution in [-0.4, -0.2) is 109 Å². The van der Waals surface area contributed by atoms with Crippen molar-refractivity contribution in [3.05, 3.63) is 0 Å². The summed E-state index contributed by atoms with van der Waals surface area (Å²) in [5.74, 6) is -4.01. The van der Waals surface area contributed by atoms with E-state index in [0.29, 0.717) is 0 Å². The second-order valence-electron chi connectivity index (χ2n) is 4.07. The molecule has 0 aromatic rings. The molecule has 0 spiro atoms. The topological polar surface area (TPSA) is 416 Å². The van der Waals surface area contributed by atoms with E-state index >= 15 is 0 Å². The standard InChI is InChI=1S/2C4H8N2O3.C4H10N2.2Cu.6H2O/c2*5-1-3(7)6-2-4(8)9;1-2-6-4-3-5-1;;;;;;;;/h2*1-2,5H2,(H,6,7)(H,8,9);5-6H,1-4H2;;;6*1H2/q;;;2*+2;;;;;;/p-4. The molecule has 1 aliphatic heterocycles. The van der Waals surface area contributed by atoms with Crippen LogP contribution in [0.1, 0.15) is 0 Å². The molecule has 2 radical (unpaired) electrons. The molecule has 1 heterocycles. The summed E-state index contributed by atoms with van der Waals surface area (Å²) in [6.07, 6.45) is 0. The zero-order chi connectivity index (χ0) is 18.8. The molecular weight excluding hydrogens is 547 g/mol. The van der Waals surface area contributed by atoms with Crippen molar-refractivity contribution in [2.45, 2.75) is 0 Å². The first kappa shape index (κ1) is 63.2. The number of carboxylic acids is 2. The van der Waals surface area contributed by atoms with E-state index in [0.717, 1.165) is 26.2 Å². The number of hydrogen-bond donors (Lipinski definition) is 4. The molecule has 0 aromatic carbocycles. The molecule has 32 heavy (non-hydrogen) atoms. The minimum absolute atomic E-state index is 0. The van der Waals surface area contributed by atoms with Crippen molar-refractivity contribution in [2.24, 2.45) is 21.5 Å². The Balaban J connectivity index is -0.0000000255. The van der Waals surface area contributed by atoms with Crippen LogP contribution in [0.3, 0.4) is 0 Å². The predicted octanol–water partition coefficient (Wildman–Crippen LogP) is -12.9. The monoisotopic (exact) mass is 580 g/mol. The summed E-state index contributed by atoms with van der Waals surface area (Å²) >= 11 is 0. The van der Waals surface area contributed by atoms with E-state index < -0.39 is 36.8 Å². The number of nitrogens with two attached hydrogens (primary N) is 2. The molecule has 1 fully saturated rings. The summed E-state index contributed by atoms with van der Waals surface area (Å²) in [5, 5.41) is 46.0. The Hall–Kier alpha value is -1.48. The van der Waals surface area contributed by atoms with Gasteiger partial charge >= 0.3 is 34.1 Å². The van der Waals surface area contributed by atoms with E-state index in [2.05, 4.69) is 20.6 Å². The summed E-state index contributed by atoms with van der Waals surface area (Å²) in [5.41, 5.74) is 9.60. The first-order valence-electron chi connectivity index (χ1n) is 6.95. The zero-order valence-electron chi connectivity index (χ0n) is 16.8. The number of aliphatic carboxylic acids is 2. The molecule has 20 heteroatoms. The van der Waals surface area contributed by atoms with E-state index in [1.54, 1.807) is 0 Å². The largest absolute Gasteiger partial charge is 2.00 e. The number of nitrogens with one attached hydrogen (secondary N) is 2. The van der Waals surface area contributed by atoms with Gasteiger partial charge in [-0.1, -0.05) is 0 Å². The smallest absolute Gasteiger partial charge is 0.861 e. The fraction of sp³-hybridized carbons (Fsp3) is 0.667. The zero-order valence-corrected chi connectivity index (χ0v) is 18.6.